The lowest BCUT2D eigenvalue weighted by Gasteiger charge is -2.29. The predicted octanol–water partition coefficient (Wildman–Crippen LogP) is 1.29. The van der Waals surface area contributed by atoms with Crippen LogP contribution in [0.5, 0.6) is 0 Å². The fraction of sp³-hybridized carbons (Fsp3) is 0.727. The third-order valence-corrected chi connectivity index (χ3v) is 2.36. The molecule has 0 unspecified atom stereocenters. The van der Waals surface area contributed by atoms with Gasteiger partial charge in [-0.25, -0.2) is 0 Å². The first kappa shape index (κ1) is 18.2. The molecule has 1 amide bonds. The normalized spacial score (nSPS) is 24.9. The number of carbonyl (C=O) groups is 1. The molecule has 0 radical (unpaired) electrons. The van der Waals surface area contributed by atoms with Crippen LogP contribution in [0.2, 0.25) is 0 Å². The van der Waals surface area contributed by atoms with Crippen molar-refractivity contribution in [2.75, 3.05) is 6.54 Å². The molecule has 2 atom stereocenters. The van der Waals surface area contributed by atoms with Crippen molar-refractivity contribution < 1.29 is 4.79 Å². The van der Waals surface area contributed by atoms with E-state index in [0.717, 1.165) is 13.0 Å². The smallest absolute Gasteiger partial charge is 0.237 e. The van der Waals surface area contributed by atoms with Crippen molar-refractivity contribution in [1.29, 1.82) is 0 Å². The van der Waals surface area contributed by atoms with Crippen LogP contribution in [-0.2, 0) is 4.79 Å². The Balaban J connectivity index is 0. The van der Waals surface area contributed by atoms with E-state index in [1.54, 1.807) is 0 Å². The van der Waals surface area contributed by atoms with Gasteiger partial charge in [0, 0.05) is 6.54 Å². The van der Waals surface area contributed by atoms with Gasteiger partial charge in [-0.15, -0.1) is 0 Å². The van der Waals surface area contributed by atoms with Gasteiger partial charge in [0.1, 0.15) is 0 Å². The molecule has 1 fully saturated rings. The molecule has 1 aliphatic heterocycles. The summed E-state index contributed by atoms with van der Waals surface area (Å²) in [6.45, 7) is 7.07. The van der Waals surface area contributed by atoms with E-state index in [2.05, 4.69) is 24.5 Å². The Labute approximate surface area is 112 Å². The number of rotatable bonds is 3. The van der Waals surface area contributed by atoms with Crippen LogP contribution in [0.3, 0.4) is 0 Å². The van der Waals surface area contributed by atoms with Crippen LogP contribution in [0.1, 0.15) is 27.2 Å². The number of allylic oxidation sites excluding steroid dienone is 1. The Morgan fingerprint density at radius 3 is 2.50 bits per heavy atom. The Hall–Kier alpha value is -0.130. The van der Waals surface area contributed by atoms with Crippen molar-refractivity contribution in [2.24, 2.45) is 5.92 Å². The Morgan fingerprint density at radius 1 is 1.44 bits per heavy atom. The SMILES string of the molecule is C/C=C/[C@H]1CN[C@@H](CC(C)C)C(=O)N1.S.S. The van der Waals surface area contributed by atoms with Crippen molar-refractivity contribution in [3.05, 3.63) is 12.2 Å². The van der Waals surface area contributed by atoms with Gasteiger partial charge >= 0.3 is 0 Å². The van der Waals surface area contributed by atoms with E-state index in [4.69, 9.17) is 0 Å². The maximum absolute atomic E-state index is 11.6. The highest BCUT2D eigenvalue weighted by Crippen LogP contribution is 2.08. The highest BCUT2D eigenvalue weighted by Gasteiger charge is 2.26. The van der Waals surface area contributed by atoms with E-state index < -0.39 is 0 Å². The van der Waals surface area contributed by atoms with E-state index >= 15 is 0 Å². The molecular weight excluding hydrogens is 240 g/mol. The summed E-state index contributed by atoms with van der Waals surface area (Å²) in [5.41, 5.74) is 0. The minimum absolute atomic E-state index is 0. The Bertz CT molecular complexity index is 232. The summed E-state index contributed by atoms with van der Waals surface area (Å²) in [6.07, 6.45) is 4.89. The van der Waals surface area contributed by atoms with Gasteiger partial charge in [-0.2, -0.15) is 27.0 Å². The summed E-state index contributed by atoms with van der Waals surface area (Å²) >= 11 is 0. The number of hydrogen-bond acceptors (Lipinski definition) is 2. The van der Waals surface area contributed by atoms with Crippen molar-refractivity contribution in [3.63, 3.8) is 0 Å². The Morgan fingerprint density at radius 2 is 2.06 bits per heavy atom. The van der Waals surface area contributed by atoms with E-state index in [0.29, 0.717) is 5.92 Å². The first-order chi connectivity index (χ1) is 6.63. The lowest BCUT2D eigenvalue weighted by Crippen LogP contribution is -2.57. The largest absolute Gasteiger partial charge is 0.347 e. The zero-order chi connectivity index (χ0) is 10.6. The topological polar surface area (TPSA) is 41.1 Å². The fourth-order valence-electron chi connectivity index (χ4n) is 1.71. The summed E-state index contributed by atoms with van der Waals surface area (Å²) < 4.78 is 0. The molecular formula is C11H24N2OS2. The quantitative estimate of drug-likeness (QED) is 0.754. The number of nitrogens with one attached hydrogen (secondary N) is 2. The molecule has 0 aromatic carbocycles. The highest BCUT2D eigenvalue weighted by atomic mass is 32.1. The molecule has 96 valence electrons. The first-order valence-electron chi connectivity index (χ1n) is 5.30. The van der Waals surface area contributed by atoms with Crippen LogP contribution < -0.4 is 10.6 Å². The number of amides is 1. The summed E-state index contributed by atoms with van der Waals surface area (Å²) in [5, 5.41) is 6.26. The number of hydrogen-bond donors (Lipinski definition) is 2. The minimum Gasteiger partial charge on any atom is -0.347 e. The molecule has 2 N–H and O–H groups in total. The molecule has 3 nitrogen and oxygen atoms in total. The molecule has 1 aliphatic rings. The van der Waals surface area contributed by atoms with Crippen molar-refractivity contribution in [2.45, 2.75) is 39.3 Å². The van der Waals surface area contributed by atoms with E-state index in [1.807, 2.05) is 19.1 Å². The molecule has 5 heteroatoms. The van der Waals surface area contributed by atoms with Gasteiger partial charge in [-0.3, -0.25) is 4.79 Å². The van der Waals surface area contributed by atoms with Gasteiger partial charge in [0.05, 0.1) is 12.1 Å². The standard InChI is InChI=1S/C11H20N2O.2H2S/c1-4-5-9-7-12-10(6-8(2)3)11(14)13-9;;/h4-5,8-10,12H,6-7H2,1-3H3,(H,13,14);2*1H2/b5-4+;;/t9-,10-;;/m0../s1. The minimum atomic E-state index is -0.00324. The second kappa shape index (κ2) is 8.96. The van der Waals surface area contributed by atoms with Crippen LogP contribution in [0.15, 0.2) is 12.2 Å². The van der Waals surface area contributed by atoms with Gasteiger partial charge in [0.2, 0.25) is 5.91 Å². The van der Waals surface area contributed by atoms with Crippen LogP contribution in [0.4, 0.5) is 0 Å². The Kier molecular flexibility index (Phi) is 10.2. The molecule has 1 rings (SSSR count). The lowest BCUT2D eigenvalue weighted by molar-refractivity contribution is -0.125. The van der Waals surface area contributed by atoms with Gasteiger partial charge in [-0.05, 0) is 19.3 Å². The summed E-state index contributed by atoms with van der Waals surface area (Å²) in [4.78, 5) is 11.6. The molecule has 0 bridgehead atoms. The van der Waals surface area contributed by atoms with Crippen molar-refractivity contribution in [3.8, 4) is 0 Å². The first-order valence-corrected chi connectivity index (χ1v) is 5.30. The summed E-state index contributed by atoms with van der Waals surface area (Å²) in [6, 6.07) is 0.160. The third kappa shape index (κ3) is 5.82. The van der Waals surface area contributed by atoms with Crippen LogP contribution >= 0.6 is 27.0 Å². The average molecular weight is 264 g/mol. The van der Waals surface area contributed by atoms with Crippen molar-refractivity contribution in [1.82, 2.24) is 10.6 Å². The molecule has 0 aromatic heterocycles. The van der Waals surface area contributed by atoms with Gasteiger partial charge in [0.15, 0.2) is 0 Å². The zero-order valence-corrected chi connectivity index (χ0v) is 12.2. The molecule has 0 spiro atoms. The number of carbonyl (C=O) groups excluding carboxylic acids is 1. The maximum atomic E-state index is 11.6. The van der Waals surface area contributed by atoms with Crippen LogP contribution in [-0.4, -0.2) is 24.5 Å². The predicted molar refractivity (Wildman–Crippen MR) is 78.8 cm³/mol. The monoisotopic (exact) mass is 264 g/mol. The summed E-state index contributed by atoms with van der Waals surface area (Å²) in [5.74, 6) is 0.685. The molecule has 16 heavy (non-hydrogen) atoms. The van der Waals surface area contributed by atoms with Crippen molar-refractivity contribution >= 4 is 32.9 Å². The van der Waals surface area contributed by atoms with E-state index in [9.17, 15) is 4.79 Å². The van der Waals surface area contributed by atoms with E-state index in [1.165, 1.54) is 0 Å². The third-order valence-electron chi connectivity index (χ3n) is 2.36. The second-order valence-corrected chi connectivity index (χ2v) is 4.23. The molecule has 0 saturated carbocycles. The average Bonchev–Trinajstić information content (AvgIpc) is 2.10. The van der Waals surface area contributed by atoms with Gasteiger partial charge < -0.3 is 10.6 Å². The molecule has 0 aliphatic carbocycles. The molecule has 1 saturated heterocycles. The second-order valence-electron chi connectivity index (χ2n) is 4.23. The summed E-state index contributed by atoms with van der Waals surface area (Å²) in [7, 11) is 0. The molecule has 0 aromatic rings. The van der Waals surface area contributed by atoms with Crippen LogP contribution in [0.25, 0.3) is 0 Å². The maximum Gasteiger partial charge on any atom is 0.237 e. The van der Waals surface area contributed by atoms with E-state index in [-0.39, 0.29) is 45.0 Å². The fourth-order valence-corrected chi connectivity index (χ4v) is 1.71. The van der Waals surface area contributed by atoms with Gasteiger partial charge in [0.25, 0.3) is 0 Å². The molecule has 1 heterocycles. The zero-order valence-electron chi connectivity index (χ0n) is 10.2. The van der Waals surface area contributed by atoms with Crippen LogP contribution in [0, 0.1) is 5.92 Å². The number of piperazine rings is 1. The highest BCUT2D eigenvalue weighted by molar-refractivity contribution is 7.59. The van der Waals surface area contributed by atoms with Gasteiger partial charge in [-0.1, -0.05) is 26.0 Å². The lowest BCUT2D eigenvalue weighted by atomic mass is 10.0.